The first kappa shape index (κ1) is 11.1. The summed E-state index contributed by atoms with van der Waals surface area (Å²) in [6.45, 7) is 0.468. The van der Waals surface area contributed by atoms with Crippen molar-refractivity contribution in [2.45, 2.75) is 25.0 Å². The Hall–Kier alpha value is -1.40. The molecule has 1 saturated heterocycles. The molecule has 0 bridgehead atoms. The first-order valence-electron chi connectivity index (χ1n) is 5.35. The van der Waals surface area contributed by atoms with Gasteiger partial charge in [0, 0.05) is 19.7 Å². The summed E-state index contributed by atoms with van der Waals surface area (Å²) < 4.78 is 7.10. The van der Waals surface area contributed by atoms with Gasteiger partial charge in [0.1, 0.15) is 11.9 Å². The second kappa shape index (κ2) is 4.63. The normalized spacial score (nSPS) is 24.6. The lowest BCUT2D eigenvalue weighted by Gasteiger charge is -2.12. The van der Waals surface area contributed by atoms with Gasteiger partial charge in [-0.2, -0.15) is 5.10 Å². The molecule has 1 aliphatic heterocycles. The zero-order valence-corrected chi connectivity index (χ0v) is 9.22. The van der Waals surface area contributed by atoms with Crippen LogP contribution in [0.15, 0.2) is 12.3 Å². The van der Waals surface area contributed by atoms with E-state index < -0.39 is 0 Å². The van der Waals surface area contributed by atoms with E-state index >= 15 is 0 Å². The maximum atomic E-state index is 11.8. The van der Waals surface area contributed by atoms with E-state index in [0.717, 1.165) is 12.8 Å². The smallest absolute Gasteiger partial charge is 0.254 e. The molecule has 0 radical (unpaired) electrons. The molecule has 16 heavy (non-hydrogen) atoms. The van der Waals surface area contributed by atoms with Gasteiger partial charge in [0.2, 0.25) is 0 Å². The van der Waals surface area contributed by atoms with E-state index in [2.05, 4.69) is 10.4 Å². The summed E-state index contributed by atoms with van der Waals surface area (Å²) in [6.07, 6.45) is 2.84. The van der Waals surface area contributed by atoms with Crippen molar-refractivity contribution in [1.82, 2.24) is 9.78 Å². The predicted molar refractivity (Wildman–Crippen MR) is 58.8 cm³/mol. The largest absolute Gasteiger partial charge is 0.364 e. The third kappa shape index (κ3) is 2.23. The van der Waals surface area contributed by atoms with E-state index in [1.807, 2.05) is 0 Å². The summed E-state index contributed by atoms with van der Waals surface area (Å²) in [4.78, 5) is 11.8. The number of ether oxygens (including phenoxy) is 1. The Kier molecular flexibility index (Phi) is 3.21. The maximum absolute atomic E-state index is 11.8. The van der Waals surface area contributed by atoms with Crippen molar-refractivity contribution in [2.75, 3.05) is 11.9 Å². The third-order valence-corrected chi connectivity index (χ3v) is 2.74. The van der Waals surface area contributed by atoms with E-state index in [1.54, 1.807) is 24.0 Å². The summed E-state index contributed by atoms with van der Waals surface area (Å²) >= 11 is 0. The zero-order chi connectivity index (χ0) is 11.5. The fourth-order valence-electron chi connectivity index (χ4n) is 1.78. The summed E-state index contributed by atoms with van der Waals surface area (Å²) in [5.74, 6) is 0.546. The van der Waals surface area contributed by atoms with Gasteiger partial charge in [-0.3, -0.25) is 9.48 Å². The van der Waals surface area contributed by atoms with Crippen LogP contribution in [0.2, 0.25) is 0 Å². The number of amides is 1. The average Bonchev–Trinajstić information content (AvgIpc) is 2.88. The van der Waals surface area contributed by atoms with Crippen LogP contribution >= 0.6 is 0 Å². The van der Waals surface area contributed by atoms with Crippen LogP contribution in [0.1, 0.15) is 12.8 Å². The van der Waals surface area contributed by atoms with Gasteiger partial charge in [-0.25, -0.2) is 0 Å². The second-order valence-electron chi connectivity index (χ2n) is 3.89. The Morgan fingerprint density at radius 3 is 3.12 bits per heavy atom. The molecule has 88 valence electrons. The minimum Gasteiger partial charge on any atom is -0.364 e. The highest BCUT2D eigenvalue weighted by atomic mass is 16.5. The van der Waals surface area contributed by atoms with Gasteiger partial charge in [-0.1, -0.05) is 0 Å². The molecule has 2 heterocycles. The Morgan fingerprint density at radius 2 is 2.56 bits per heavy atom. The molecule has 0 saturated carbocycles. The molecule has 6 heteroatoms. The molecule has 2 rings (SSSR count). The molecule has 1 aromatic rings. The zero-order valence-electron chi connectivity index (χ0n) is 9.22. The number of rotatable bonds is 3. The molecule has 1 aliphatic rings. The van der Waals surface area contributed by atoms with Gasteiger partial charge in [-0.05, 0) is 12.8 Å². The van der Waals surface area contributed by atoms with Crippen molar-refractivity contribution in [3.63, 3.8) is 0 Å². The number of carbonyl (C=O) groups is 1. The molecular formula is C10H16N4O2. The van der Waals surface area contributed by atoms with Crippen molar-refractivity contribution in [3.05, 3.63) is 12.3 Å². The van der Waals surface area contributed by atoms with Crippen LogP contribution in [0.25, 0.3) is 0 Å². The highest BCUT2D eigenvalue weighted by Gasteiger charge is 2.30. The maximum Gasteiger partial charge on any atom is 0.254 e. The van der Waals surface area contributed by atoms with Crippen LogP contribution in [0.4, 0.5) is 5.82 Å². The van der Waals surface area contributed by atoms with Crippen LogP contribution < -0.4 is 11.1 Å². The summed E-state index contributed by atoms with van der Waals surface area (Å²) in [6, 6.07) is 1.74. The molecule has 0 aliphatic carbocycles. The van der Waals surface area contributed by atoms with Gasteiger partial charge in [-0.15, -0.1) is 0 Å². The van der Waals surface area contributed by atoms with E-state index in [9.17, 15) is 4.79 Å². The number of aromatic nitrogens is 2. The first-order valence-corrected chi connectivity index (χ1v) is 5.35. The van der Waals surface area contributed by atoms with Gasteiger partial charge in [0.15, 0.2) is 0 Å². The predicted octanol–water partition coefficient (Wildman–Crippen LogP) is -0.135. The fraction of sp³-hybridized carbons (Fsp3) is 0.600. The molecule has 1 amide bonds. The molecule has 6 nitrogen and oxygen atoms in total. The summed E-state index contributed by atoms with van der Waals surface area (Å²) in [7, 11) is 1.77. The van der Waals surface area contributed by atoms with Crippen molar-refractivity contribution in [1.29, 1.82) is 0 Å². The average molecular weight is 224 g/mol. The Balaban J connectivity index is 1.92. The topological polar surface area (TPSA) is 82.2 Å². The van der Waals surface area contributed by atoms with Gasteiger partial charge in [0.05, 0.1) is 12.3 Å². The highest BCUT2D eigenvalue weighted by Crippen LogP contribution is 2.20. The van der Waals surface area contributed by atoms with E-state index in [1.165, 1.54) is 0 Å². The second-order valence-corrected chi connectivity index (χ2v) is 3.89. The lowest BCUT2D eigenvalue weighted by Crippen LogP contribution is -2.30. The van der Waals surface area contributed by atoms with E-state index in [4.69, 9.17) is 10.5 Å². The molecule has 0 aromatic carbocycles. The minimum atomic E-state index is -0.386. The van der Waals surface area contributed by atoms with E-state index in [0.29, 0.717) is 12.4 Å². The van der Waals surface area contributed by atoms with Crippen LogP contribution in [0.3, 0.4) is 0 Å². The molecule has 0 unspecified atom stereocenters. The molecule has 3 N–H and O–H groups in total. The standard InChI is InChI=1S/C10H16N4O2/c1-14-9(4-5-12-14)13-10(15)8-3-2-7(6-11)16-8/h4-5,7-8H,2-3,6,11H2,1H3,(H,13,15)/t7-,8+/m1/s1. The highest BCUT2D eigenvalue weighted by molar-refractivity contribution is 5.93. The van der Waals surface area contributed by atoms with Crippen molar-refractivity contribution in [3.8, 4) is 0 Å². The van der Waals surface area contributed by atoms with Gasteiger partial charge < -0.3 is 15.8 Å². The third-order valence-electron chi connectivity index (χ3n) is 2.74. The van der Waals surface area contributed by atoms with Crippen LogP contribution in [-0.2, 0) is 16.6 Å². The number of hydrogen-bond acceptors (Lipinski definition) is 4. The molecule has 2 atom stereocenters. The Bertz CT molecular complexity index is 377. The first-order chi connectivity index (χ1) is 7.70. The van der Waals surface area contributed by atoms with Gasteiger partial charge >= 0.3 is 0 Å². The number of aryl methyl sites for hydroxylation is 1. The number of anilines is 1. The van der Waals surface area contributed by atoms with Crippen molar-refractivity contribution in [2.24, 2.45) is 12.8 Å². The Morgan fingerprint density at radius 1 is 1.75 bits per heavy atom. The van der Waals surface area contributed by atoms with Crippen molar-refractivity contribution >= 4 is 11.7 Å². The van der Waals surface area contributed by atoms with Crippen LogP contribution in [-0.4, -0.2) is 34.4 Å². The van der Waals surface area contributed by atoms with Gasteiger partial charge in [0.25, 0.3) is 5.91 Å². The fourth-order valence-corrected chi connectivity index (χ4v) is 1.78. The molecule has 0 spiro atoms. The molecular weight excluding hydrogens is 208 g/mol. The minimum absolute atomic E-state index is 0.0160. The monoisotopic (exact) mass is 224 g/mol. The number of hydrogen-bond donors (Lipinski definition) is 2. The summed E-state index contributed by atoms with van der Waals surface area (Å²) in [5, 5.41) is 6.74. The lowest BCUT2D eigenvalue weighted by molar-refractivity contribution is -0.126. The quantitative estimate of drug-likeness (QED) is 0.749. The van der Waals surface area contributed by atoms with Crippen molar-refractivity contribution < 1.29 is 9.53 Å². The number of carbonyl (C=O) groups excluding carboxylic acids is 1. The number of nitrogens with zero attached hydrogens (tertiary/aromatic N) is 2. The summed E-state index contributed by atoms with van der Waals surface area (Å²) in [5.41, 5.74) is 5.49. The molecule has 1 aromatic heterocycles. The molecule has 1 fully saturated rings. The lowest BCUT2D eigenvalue weighted by atomic mass is 10.2. The SMILES string of the molecule is Cn1nccc1NC(=O)[C@@H]1CC[C@H](CN)O1. The number of nitrogens with one attached hydrogen (secondary N) is 1. The van der Waals surface area contributed by atoms with E-state index in [-0.39, 0.29) is 18.1 Å². The van der Waals surface area contributed by atoms with Crippen LogP contribution in [0, 0.1) is 0 Å². The Labute approximate surface area is 93.8 Å². The van der Waals surface area contributed by atoms with Crippen LogP contribution in [0.5, 0.6) is 0 Å². The number of nitrogens with two attached hydrogens (primary N) is 1.